The van der Waals surface area contributed by atoms with Gasteiger partial charge in [-0.15, -0.1) is 5.10 Å². The van der Waals surface area contributed by atoms with Gasteiger partial charge in [0.05, 0.1) is 16.6 Å². The first-order valence-corrected chi connectivity index (χ1v) is 16.2. The van der Waals surface area contributed by atoms with Crippen molar-refractivity contribution < 1.29 is 18.3 Å². The van der Waals surface area contributed by atoms with Crippen LogP contribution in [0.3, 0.4) is 0 Å². The lowest BCUT2D eigenvalue weighted by Crippen LogP contribution is -2.40. The van der Waals surface area contributed by atoms with Crippen molar-refractivity contribution in [2.75, 3.05) is 26.2 Å². The van der Waals surface area contributed by atoms with E-state index in [1.807, 2.05) is 24.4 Å². The molecule has 2 aromatic carbocycles. The second-order valence-corrected chi connectivity index (χ2v) is 13.7. The van der Waals surface area contributed by atoms with Crippen molar-refractivity contribution in [3.8, 4) is 11.3 Å². The van der Waals surface area contributed by atoms with E-state index in [1.54, 1.807) is 16.8 Å². The number of halogens is 2. The molecule has 0 saturated carbocycles. The van der Waals surface area contributed by atoms with Crippen molar-refractivity contribution in [2.45, 2.75) is 44.6 Å². The standard InChI is InChI=1S/C29H34Cl2N6O4S/c1-19(2)16-21-4-3-5-25-26(21)27(28(29(38)39)37(25)31)24-18-36(34-33-24)17-20-10-13-35(14-11-20)15-12-32-42(40,41)23-8-6-22(30)7-9-23/h3-9,18-20,32H,10-17H2,1-2H3,(H,38,39). The van der Waals surface area contributed by atoms with Gasteiger partial charge in [0.2, 0.25) is 10.0 Å². The van der Waals surface area contributed by atoms with Crippen LogP contribution in [0.2, 0.25) is 5.02 Å². The Kier molecular flexibility index (Phi) is 9.24. The van der Waals surface area contributed by atoms with Crippen molar-refractivity contribution in [3.05, 3.63) is 64.9 Å². The minimum absolute atomic E-state index is 0.0186. The molecule has 2 N–H and O–H groups in total. The van der Waals surface area contributed by atoms with Crippen LogP contribution in [0.5, 0.6) is 0 Å². The number of carboxylic acids is 1. The third kappa shape index (κ3) is 6.65. The number of nitrogens with zero attached hydrogens (tertiary/aromatic N) is 5. The molecule has 3 heterocycles. The summed E-state index contributed by atoms with van der Waals surface area (Å²) >= 11 is 12.4. The van der Waals surface area contributed by atoms with E-state index in [0.29, 0.717) is 53.3 Å². The van der Waals surface area contributed by atoms with Crippen LogP contribution >= 0.6 is 23.4 Å². The van der Waals surface area contributed by atoms with Crippen LogP contribution in [0.25, 0.3) is 22.2 Å². The molecule has 224 valence electrons. The Labute approximate surface area is 255 Å². The van der Waals surface area contributed by atoms with Gasteiger partial charge in [-0.2, -0.15) is 0 Å². The molecule has 5 rings (SSSR count). The van der Waals surface area contributed by atoms with Gasteiger partial charge in [-0.1, -0.05) is 42.8 Å². The lowest BCUT2D eigenvalue weighted by Gasteiger charge is -2.31. The van der Waals surface area contributed by atoms with Crippen LogP contribution in [0, 0.1) is 11.8 Å². The Hall–Kier alpha value is -2.96. The fourth-order valence-electron chi connectivity index (χ4n) is 5.62. The third-order valence-electron chi connectivity index (χ3n) is 7.65. The predicted octanol–water partition coefficient (Wildman–Crippen LogP) is 5.14. The molecule has 42 heavy (non-hydrogen) atoms. The molecule has 0 unspecified atom stereocenters. The van der Waals surface area contributed by atoms with E-state index in [4.69, 9.17) is 23.4 Å². The second-order valence-electron chi connectivity index (χ2n) is 11.2. The number of piperidine rings is 1. The summed E-state index contributed by atoms with van der Waals surface area (Å²) in [5.74, 6) is -0.379. The molecule has 1 saturated heterocycles. The zero-order valence-corrected chi connectivity index (χ0v) is 25.8. The number of hydrogen-bond acceptors (Lipinski definition) is 6. The molecule has 0 spiro atoms. The maximum Gasteiger partial charge on any atom is 0.354 e. The van der Waals surface area contributed by atoms with E-state index in [2.05, 4.69) is 33.8 Å². The molecular weight excluding hydrogens is 599 g/mol. The Morgan fingerprint density at radius 2 is 1.86 bits per heavy atom. The summed E-state index contributed by atoms with van der Waals surface area (Å²) in [6.07, 6.45) is 4.44. The molecule has 0 radical (unpaired) electrons. The molecule has 13 heteroatoms. The summed E-state index contributed by atoms with van der Waals surface area (Å²) in [5.41, 5.74) is 2.62. The van der Waals surface area contributed by atoms with Crippen molar-refractivity contribution in [2.24, 2.45) is 11.8 Å². The molecule has 1 aliphatic heterocycles. The summed E-state index contributed by atoms with van der Waals surface area (Å²) in [7, 11) is -3.58. The Balaban J connectivity index is 1.22. The molecule has 0 aliphatic carbocycles. The number of rotatable bonds is 11. The number of hydrogen-bond donors (Lipinski definition) is 2. The van der Waals surface area contributed by atoms with Gasteiger partial charge in [0.25, 0.3) is 0 Å². The SMILES string of the molecule is CC(C)Cc1cccc2c1c(-c1cn(CC3CCN(CCNS(=O)(=O)c4ccc(Cl)cc4)CC3)nn1)c(C(=O)O)n2Cl. The number of sulfonamides is 1. The largest absolute Gasteiger partial charge is 0.477 e. The third-order valence-corrected chi connectivity index (χ3v) is 9.73. The molecule has 0 amide bonds. The number of benzene rings is 2. The number of fused-ring (bicyclic) bond motifs is 1. The van der Waals surface area contributed by atoms with Gasteiger partial charge in [-0.3, -0.25) is 4.68 Å². The van der Waals surface area contributed by atoms with Crippen molar-refractivity contribution in [1.82, 2.24) is 28.7 Å². The first-order chi connectivity index (χ1) is 20.0. The van der Waals surface area contributed by atoms with E-state index in [0.717, 1.165) is 43.3 Å². The van der Waals surface area contributed by atoms with E-state index in [1.165, 1.54) is 16.2 Å². The Morgan fingerprint density at radius 1 is 1.14 bits per heavy atom. The number of aromatic carboxylic acids is 1. The molecule has 2 aromatic heterocycles. The molecule has 1 fully saturated rings. The van der Waals surface area contributed by atoms with Crippen LogP contribution in [0.1, 0.15) is 42.7 Å². The van der Waals surface area contributed by atoms with Gasteiger partial charge in [-0.05, 0) is 80.1 Å². The monoisotopic (exact) mass is 632 g/mol. The fraction of sp³-hybridized carbons (Fsp3) is 0.414. The van der Waals surface area contributed by atoms with Gasteiger partial charge in [0, 0.05) is 47.4 Å². The molecule has 4 aromatic rings. The normalized spacial score (nSPS) is 15.2. The molecule has 0 bridgehead atoms. The number of aromatic nitrogens is 4. The van der Waals surface area contributed by atoms with Gasteiger partial charge in [0.15, 0.2) is 5.69 Å². The highest BCUT2D eigenvalue weighted by molar-refractivity contribution is 7.89. The van der Waals surface area contributed by atoms with Crippen LogP contribution in [0.15, 0.2) is 53.6 Å². The lowest BCUT2D eigenvalue weighted by atomic mass is 9.96. The Morgan fingerprint density at radius 3 is 2.52 bits per heavy atom. The Bertz CT molecular complexity index is 1680. The quantitative estimate of drug-likeness (QED) is 0.235. The number of carbonyl (C=O) groups is 1. The summed E-state index contributed by atoms with van der Waals surface area (Å²) in [5, 5.41) is 20.1. The predicted molar refractivity (Wildman–Crippen MR) is 164 cm³/mol. The lowest BCUT2D eigenvalue weighted by molar-refractivity contribution is 0.0691. The average Bonchev–Trinajstić information content (AvgIpc) is 3.52. The summed E-state index contributed by atoms with van der Waals surface area (Å²) in [4.78, 5) is 14.7. The van der Waals surface area contributed by atoms with E-state index < -0.39 is 16.0 Å². The molecule has 1 aliphatic rings. The van der Waals surface area contributed by atoms with Gasteiger partial charge >= 0.3 is 5.97 Å². The van der Waals surface area contributed by atoms with Crippen molar-refractivity contribution >= 4 is 50.3 Å². The van der Waals surface area contributed by atoms with Crippen molar-refractivity contribution in [1.29, 1.82) is 0 Å². The highest BCUT2D eigenvalue weighted by Gasteiger charge is 2.28. The van der Waals surface area contributed by atoms with Gasteiger partial charge in [0.1, 0.15) is 5.69 Å². The smallest absolute Gasteiger partial charge is 0.354 e. The van der Waals surface area contributed by atoms with Gasteiger partial charge in [-0.25, -0.2) is 22.0 Å². The van der Waals surface area contributed by atoms with Crippen LogP contribution in [0.4, 0.5) is 0 Å². The van der Waals surface area contributed by atoms with E-state index in [-0.39, 0.29) is 10.6 Å². The topological polar surface area (TPSA) is 122 Å². The van der Waals surface area contributed by atoms with E-state index in [9.17, 15) is 18.3 Å². The summed E-state index contributed by atoms with van der Waals surface area (Å²) < 4.78 is 30.7. The zero-order valence-electron chi connectivity index (χ0n) is 23.5. The maximum atomic E-state index is 12.5. The second kappa shape index (κ2) is 12.7. The summed E-state index contributed by atoms with van der Waals surface area (Å²) in [6.45, 7) is 7.52. The number of carboxylic acid groups (broad SMARTS) is 1. The molecule has 10 nitrogen and oxygen atoms in total. The van der Waals surface area contributed by atoms with Crippen molar-refractivity contribution in [3.63, 3.8) is 0 Å². The highest BCUT2D eigenvalue weighted by Crippen LogP contribution is 2.38. The highest BCUT2D eigenvalue weighted by atomic mass is 35.5. The molecule has 0 atom stereocenters. The fourth-order valence-corrected chi connectivity index (χ4v) is 7.07. The first-order valence-electron chi connectivity index (χ1n) is 14.0. The number of likely N-dealkylation sites (tertiary alicyclic amines) is 1. The maximum absolute atomic E-state index is 12.5. The zero-order chi connectivity index (χ0) is 30.0. The average molecular weight is 634 g/mol. The van der Waals surface area contributed by atoms with Crippen LogP contribution < -0.4 is 4.72 Å². The van der Waals surface area contributed by atoms with Gasteiger partial charge < -0.3 is 10.0 Å². The van der Waals surface area contributed by atoms with Crippen LogP contribution in [-0.2, 0) is 23.0 Å². The minimum atomic E-state index is -3.58. The molecular formula is C29H34Cl2N6O4S. The number of nitrogens with one attached hydrogen (secondary N) is 1. The minimum Gasteiger partial charge on any atom is -0.477 e. The van der Waals surface area contributed by atoms with Crippen LogP contribution in [-0.4, -0.2) is 69.7 Å². The van der Waals surface area contributed by atoms with E-state index >= 15 is 0 Å². The summed E-state index contributed by atoms with van der Waals surface area (Å²) in [6, 6.07) is 11.8. The first kappa shape index (κ1) is 30.5.